The molecule has 0 amide bonds. The number of esters is 1. The maximum Gasteiger partial charge on any atom is 0.475 e. The molecule has 6 atom stereocenters. The van der Waals surface area contributed by atoms with Crippen LogP contribution in [0.2, 0.25) is 5.02 Å². The molecule has 2 aliphatic rings. The minimum atomic E-state index is -4.06. The number of aliphatic hydroxyl groups is 1. The zero-order chi connectivity index (χ0) is 28.7. The van der Waals surface area contributed by atoms with E-state index in [4.69, 9.17) is 45.1 Å². The van der Waals surface area contributed by atoms with Crippen LogP contribution in [0.1, 0.15) is 45.1 Å². The van der Waals surface area contributed by atoms with Crippen LogP contribution in [0.4, 0.5) is 5.95 Å². The predicted octanol–water partition coefficient (Wildman–Crippen LogP) is 3.34. The van der Waals surface area contributed by atoms with E-state index in [-0.39, 0.29) is 24.1 Å². The van der Waals surface area contributed by atoms with Crippen molar-refractivity contribution in [2.75, 3.05) is 25.6 Å². The third-order valence-corrected chi connectivity index (χ3v) is 8.17. The maximum absolute atomic E-state index is 13.4. The third kappa shape index (κ3) is 5.66. The number of imidazole rings is 1. The number of fused-ring (bicyclic) bond motifs is 1. The number of hydrogen-bond donors (Lipinski definition) is 2. The number of rotatable bonds is 8. The number of phosphoric acid groups is 1. The fourth-order valence-electron chi connectivity index (χ4n) is 4.73. The van der Waals surface area contributed by atoms with Gasteiger partial charge < -0.3 is 25.1 Å². The van der Waals surface area contributed by atoms with Gasteiger partial charge in [0.05, 0.1) is 32.3 Å². The molecule has 0 saturated carbocycles. The molecule has 0 spiro atoms. The summed E-state index contributed by atoms with van der Waals surface area (Å²) in [5.74, 6) is -0.583. The highest BCUT2D eigenvalue weighted by molar-refractivity contribution is 7.48. The van der Waals surface area contributed by atoms with E-state index in [1.165, 1.54) is 24.7 Å². The second kappa shape index (κ2) is 11.2. The number of hydrogen-bond acceptors (Lipinski definition) is 13. The van der Waals surface area contributed by atoms with Crippen LogP contribution in [0.3, 0.4) is 0 Å². The summed E-state index contributed by atoms with van der Waals surface area (Å²) >= 11 is 6.09. The highest BCUT2D eigenvalue weighted by Gasteiger charge is 2.57. The third-order valence-electron chi connectivity index (χ3n) is 6.45. The molecule has 0 aliphatic carbocycles. The molecule has 2 fully saturated rings. The summed E-state index contributed by atoms with van der Waals surface area (Å²) in [7, 11) is -4.06. The van der Waals surface area contributed by atoms with E-state index in [2.05, 4.69) is 15.0 Å². The number of nitrogens with two attached hydrogens (primary N) is 1. The first-order valence-electron chi connectivity index (χ1n) is 12.5. The Morgan fingerprint density at radius 2 is 2.17 bits per heavy atom. The van der Waals surface area contributed by atoms with Crippen molar-refractivity contribution in [2.24, 2.45) is 0 Å². The number of benzene rings is 1. The Labute approximate surface area is 234 Å². The van der Waals surface area contributed by atoms with E-state index in [0.29, 0.717) is 23.6 Å². The number of carbonyl (C=O) groups is 1. The second-order valence-corrected chi connectivity index (χ2v) is 11.5. The minimum absolute atomic E-state index is 0.0780. The van der Waals surface area contributed by atoms with Crippen LogP contribution in [-0.2, 0) is 32.4 Å². The van der Waals surface area contributed by atoms with Crippen LogP contribution in [0, 0.1) is 0 Å². The summed E-state index contributed by atoms with van der Waals surface area (Å²) in [4.78, 5) is 24.6. The molecule has 3 aromatic rings. The summed E-state index contributed by atoms with van der Waals surface area (Å²) in [5.41, 5.74) is 5.29. The smallest absolute Gasteiger partial charge is 0.475 e. The van der Waals surface area contributed by atoms with Crippen LogP contribution < -0.4 is 10.5 Å². The first-order chi connectivity index (χ1) is 19.0. The zero-order valence-electron chi connectivity index (χ0n) is 21.9. The van der Waals surface area contributed by atoms with Gasteiger partial charge in [-0.15, -0.1) is 0 Å². The number of ether oxygens (including phenoxy) is 3. The number of nitrogens with zero attached hydrogens (tertiary/aromatic N) is 4. The van der Waals surface area contributed by atoms with E-state index in [1.807, 2.05) is 0 Å². The van der Waals surface area contributed by atoms with E-state index >= 15 is 0 Å². The van der Waals surface area contributed by atoms with Crippen molar-refractivity contribution >= 4 is 42.5 Å². The van der Waals surface area contributed by atoms with Gasteiger partial charge in [0, 0.05) is 18.4 Å². The topological polar surface area (TPSA) is 179 Å². The number of anilines is 1. The second-order valence-electron chi connectivity index (χ2n) is 9.44. The van der Waals surface area contributed by atoms with Crippen molar-refractivity contribution in [2.45, 2.75) is 57.3 Å². The molecule has 2 aliphatic heterocycles. The Morgan fingerprint density at radius 3 is 2.90 bits per heavy atom. The molecule has 1 aromatic carbocycles. The van der Waals surface area contributed by atoms with Gasteiger partial charge in [0.25, 0.3) is 0 Å². The Hall–Kier alpha value is -2.84. The van der Waals surface area contributed by atoms with Crippen molar-refractivity contribution in [3.05, 3.63) is 41.2 Å². The Bertz CT molecular complexity index is 1450. The molecule has 6 unspecified atom stereocenters. The fourth-order valence-corrected chi connectivity index (χ4v) is 6.32. The van der Waals surface area contributed by atoms with E-state index in [0.717, 1.165) is 5.56 Å². The lowest BCUT2D eigenvalue weighted by Gasteiger charge is -2.31. The molecule has 4 heterocycles. The standard InChI is InChI=1S/C24H29ClN5O9P/c1-4-34-21-18-20(28-23(26)29-21)30(12-27-18)22-24(3,32)19(37-13(2)31)17(38-22)11-36-40(33)35-9-8-16(39-40)14-6-5-7-15(25)10-14/h5-7,10,12,16-17,19,22,32H,4,8-9,11H2,1-3H3,(H2,26,28,29). The summed E-state index contributed by atoms with van der Waals surface area (Å²) in [6, 6.07) is 6.99. The lowest BCUT2D eigenvalue weighted by Crippen LogP contribution is -2.47. The molecule has 14 nitrogen and oxygen atoms in total. The number of carbonyl (C=O) groups excluding carboxylic acids is 1. The highest BCUT2D eigenvalue weighted by Crippen LogP contribution is 2.57. The van der Waals surface area contributed by atoms with Gasteiger partial charge in [-0.1, -0.05) is 23.7 Å². The first-order valence-corrected chi connectivity index (χ1v) is 14.4. The maximum atomic E-state index is 13.4. The Kier molecular flexibility index (Phi) is 8.03. The zero-order valence-corrected chi connectivity index (χ0v) is 23.6. The summed E-state index contributed by atoms with van der Waals surface area (Å²) in [6.45, 7) is 4.42. The Morgan fingerprint density at radius 1 is 1.38 bits per heavy atom. The van der Waals surface area contributed by atoms with Gasteiger partial charge in [-0.05, 0) is 31.5 Å². The van der Waals surface area contributed by atoms with Gasteiger partial charge in [0.2, 0.25) is 11.8 Å². The van der Waals surface area contributed by atoms with Gasteiger partial charge in [-0.2, -0.15) is 9.97 Å². The molecule has 3 N–H and O–H groups in total. The van der Waals surface area contributed by atoms with Crippen LogP contribution in [-0.4, -0.2) is 68.2 Å². The lowest BCUT2D eigenvalue weighted by atomic mass is 9.96. The average molecular weight is 598 g/mol. The number of aromatic nitrogens is 4. The summed E-state index contributed by atoms with van der Waals surface area (Å²) < 4.78 is 48.6. The van der Waals surface area contributed by atoms with E-state index in [1.54, 1.807) is 31.2 Å². The molecular weight excluding hydrogens is 569 g/mol. The first kappa shape index (κ1) is 28.7. The van der Waals surface area contributed by atoms with Crippen LogP contribution in [0.25, 0.3) is 11.2 Å². The molecule has 2 aromatic heterocycles. The number of phosphoric ester groups is 1. The molecular formula is C24H29ClN5O9P. The fraction of sp³-hybridized carbons (Fsp3) is 0.500. The molecule has 40 heavy (non-hydrogen) atoms. The monoisotopic (exact) mass is 597 g/mol. The molecule has 5 rings (SSSR count). The minimum Gasteiger partial charge on any atom is -0.476 e. The molecule has 0 bridgehead atoms. The molecule has 16 heteroatoms. The van der Waals surface area contributed by atoms with Crippen LogP contribution >= 0.6 is 19.4 Å². The number of halogens is 1. The van der Waals surface area contributed by atoms with Crippen molar-refractivity contribution in [3.63, 3.8) is 0 Å². The van der Waals surface area contributed by atoms with Crippen LogP contribution in [0.15, 0.2) is 30.6 Å². The van der Waals surface area contributed by atoms with Crippen LogP contribution in [0.5, 0.6) is 5.88 Å². The number of nitrogen functional groups attached to an aromatic ring is 1. The van der Waals surface area contributed by atoms with Crippen molar-refractivity contribution in [3.8, 4) is 5.88 Å². The highest BCUT2D eigenvalue weighted by atomic mass is 35.5. The van der Waals surface area contributed by atoms with Gasteiger partial charge >= 0.3 is 13.8 Å². The normalized spacial score (nSPS) is 30.4. The summed E-state index contributed by atoms with van der Waals surface area (Å²) in [5, 5.41) is 12.1. The quantitative estimate of drug-likeness (QED) is 0.285. The van der Waals surface area contributed by atoms with Gasteiger partial charge in [-0.3, -0.25) is 22.9 Å². The van der Waals surface area contributed by atoms with Gasteiger partial charge in [0.1, 0.15) is 11.7 Å². The van der Waals surface area contributed by atoms with E-state index in [9.17, 15) is 14.5 Å². The lowest BCUT2D eigenvalue weighted by molar-refractivity contribution is -0.161. The van der Waals surface area contributed by atoms with Crippen molar-refractivity contribution in [1.82, 2.24) is 19.5 Å². The average Bonchev–Trinajstić information content (AvgIpc) is 3.41. The predicted molar refractivity (Wildman–Crippen MR) is 140 cm³/mol. The molecule has 2 saturated heterocycles. The Balaban J connectivity index is 1.39. The molecule has 216 valence electrons. The van der Waals surface area contributed by atoms with Gasteiger partial charge in [0.15, 0.2) is 23.5 Å². The van der Waals surface area contributed by atoms with Crippen molar-refractivity contribution < 1.29 is 42.2 Å². The molecule has 0 radical (unpaired) electrons. The summed E-state index contributed by atoms with van der Waals surface area (Å²) in [6.07, 6.45) is -2.27. The van der Waals surface area contributed by atoms with E-state index < -0.39 is 50.5 Å². The van der Waals surface area contributed by atoms with Crippen molar-refractivity contribution in [1.29, 1.82) is 0 Å². The van der Waals surface area contributed by atoms with Gasteiger partial charge in [-0.25, -0.2) is 9.55 Å². The SMILES string of the molecule is CCOc1nc(N)nc2c1ncn2C1OC(COP2(=O)OCCC(c3cccc(Cl)c3)O2)C(OC(C)=O)C1(C)O. The largest absolute Gasteiger partial charge is 0.476 e.